The average molecular weight is 423 g/mol. The fraction of sp³-hybridized carbons (Fsp3) is 0.417. The number of hydrogen-bond acceptors (Lipinski definition) is 5. The maximum atomic E-state index is 12.9. The van der Waals surface area contributed by atoms with Crippen LogP contribution < -0.4 is 20.5 Å². The molecule has 7 heteroatoms. The lowest BCUT2D eigenvalue weighted by Gasteiger charge is -2.29. The van der Waals surface area contributed by atoms with Gasteiger partial charge in [0.1, 0.15) is 17.3 Å². The van der Waals surface area contributed by atoms with Crippen molar-refractivity contribution < 1.29 is 14.3 Å². The highest BCUT2D eigenvalue weighted by molar-refractivity contribution is 5.95. The summed E-state index contributed by atoms with van der Waals surface area (Å²) in [5, 5.41) is 3.21. The van der Waals surface area contributed by atoms with E-state index in [1.54, 1.807) is 32.4 Å². The van der Waals surface area contributed by atoms with Gasteiger partial charge in [0.05, 0.1) is 25.3 Å². The van der Waals surface area contributed by atoms with E-state index in [0.717, 1.165) is 48.1 Å². The van der Waals surface area contributed by atoms with Gasteiger partial charge in [0, 0.05) is 37.2 Å². The van der Waals surface area contributed by atoms with Gasteiger partial charge in [0.15, 0.2) is 0 Å². The molecule has 0 spiro atoms. The Kier molecular flexibility index (Phi) is 6.13. The number of carbonyl (C=O) groups is 1. The minimum absolute atomic E-state index is 0.0999. The molecule has 1 aliphatic rings. The Bertz CT molecular complexity index is 1070. The highest BCUT2D eigenvalue weighted by Gasteiger charge is 2.28. The number of aromatic nitrogens is 2. The Morgan fingerprint density at radius 3 is 2.58 bits per heavy atom. The highest BCUT2D eigenvalue weighted by Crippen LogP contribution is 2.34. The number of fused-ring (bicyclic) bond motifs is 1. The number of amides is 1. The Labute approximate surface area is 182 Å². The Morgan fingerprint density at radius 2 is 1.90 bits per heavy atom. The fourth-order valence-electron chi connectivity index (χ4n) is 4.52. The molecule has 31 heavy (non-hydrogen) atoms. The lowest BCUT2D eigenvalue weighted by atomic mass is 9.85. The maximum absolute atomic E-state index is 12.9. The van der Waals surface area contributed by atoms with Crippen LogP contribution in [0.1, 0.15) is 53.3 Å². The summed E-state index contributed by atoms with van der Waals surface area (Å²) in [5.74, 6) is 2.47. The number of nitrogens with two attached hydrogens (primary N) is 1. The van der Waals surface area contributed by atoms with Crippen LogP contribution in [-0.2, 0) is 13.6 Å². The van der Waals surface area contributed by atoms with Gasteiger partial charge in [-0.3, -0.25) is 4.79 Å². The van der Waals surface area contributed by atoms with Gasteiger partial charge in [-0.05, 0) is 49.1 Å². The summed E-state index contributed by atoms with van der Waals surface area (Å²) in [5.41, 5.74) is 9.50. The van der Waals surface area contributed by atoms with Gasteiger partial charge in [-0.15, -0.1) is 0 Å². The van der Waals surface area contributed by atoms with Crippen molar-refractivity contribution in [1.82, 2.24) is 14.9 Å². The molecule has 0 aliphatic heterocycles. The number of methoxy groups -OCH3 is 2. The minimum Gasteiger partial charge on any atom is -0.497 e. The van der Waals surface area contributed by atoms with Gasteiger partial charge in [-0.1, -0.05) is 12.5 Å². The molecule has 3 aromatic rings. The molecule has 3 N–H and O–H groups in total. The first-order chi connectivity index (χ1) is 15.0. The van der Waals surface area contributed by atoms with E-state index in [1.165, 1.54) is 0 Å². The predicted octanol–water partition coefficient (Wildman–Crippen LogP) is 3.51. The van der Waals surface area contributed by atoms with Crippen LogP contribution in [-0.4, -0.2) is 35.7 Å². The first kappa shape index (κ1) is 21.2. The van der Waals surface area contributed by atoms with Crippen LogP contribution in [0, 0.1) is 0 Å². The number of benzene rings is 2. The van der Waals surface area contributed by atoms with Crippen LogP contribution >= 0.6 is 0 Å². The maximum Gasteiger partial charge on any atom is 0.251 e. The molecule has 0 saturated heterocycles. The first-order valence-electron chi connectivity index (χ1n) is 10.7. The number of carbonyl (C=O) groups excluding carboxylic acids is 1. The summed E-state index contributed by atoms with van der Waals surface area (Å²) in [6.45, 7) is 0.508. The van der Waals surface area contributed by atoms with Gasteiger partial charge < -0.3 is 25.1 Å². The summed E-state index contributed by atoms with van der Waals surface area (Å²) in [4.78, 5) is 17.8. The predicted molar refractivity (Wildman–Crippen MR) is 121 cm³/mol. The Morgan fingerprint density at radius 1 is 1.16 bits per heavy atom. The third kappa shape index (κ3) is 4.37. The summed E-state index contributed by atoms with van der Waals surface area (Å²) in [6.07, 6.45) is 3.95. The molecule has 1 heterocycles. The second kappa shape index (κ2) is 8.98. The summed E-state index contributed by atoms with van der Waals surface area (Å²) in [6, 6.07) is 11.5. The van der Waals surface area contributed by atoms with Crippen LogP contribution in [0.4, 0.5) is 0 Å². The molecule has 2 unspecified atom stereocenters. The van der Waals surface area contributed by atoms with E-state index in [-0.39, 0.29) is 11.9 Å². The standard InChI is InChI=1S/C24H30N4O3/c1-28-22-8-7-15(14-25)9-21(22)27-23(28)16-5-4-6-18(10-16)26-24(29)17-11-19(30-2)13-20(12-17)31-3/h7-9,11-13,16,18H,4-6,10,14,25H2,1-3H3,(H,26,29). The van der Waals surface area contributed by atoms with E-state index >= 15 is 0 Å². The molecule has 1 saturated carbocycles. The SMILES string of the molecule is COc1cc(OC)cc(C(=O)NC2CCCC(c3nc4cc(CN)ccc4n3C)C2)c1. The van der Waals surface area contributed by atoms with Crippen molar-refractivity contribution in [3.05, 3.63) is 53.3 Å². The fourth-order valence-corrected chi connectivity index (χ4v) is 4.52. The monoisotopic (exact) mass is 422 g/mol. The molecule has 1 amide bonds. The van der Waals surface area contributed by atoms with Crippen LogP contribution in [0.3, 0.4) is 0 Å². The van der Waals surface area contributed by atoms with Gasteiger partial charge in [0.2, 0.25) is 0 Å². The zero-order chi connectivity index (χ0) is 22.0. The second-order valence-corrected chi connectivity index (χ2v) is 8.19. The van der Waals surface area contributed by atoms with E-state index < -0.39 is 0 Å². The molecule has 0 bridgehead atoms. The van der Waals surface area contributed by atoms with Crippen LogP contribution in [0.2, 0.25) is 0 Å². The summed E-state index contributed by atoms with van der Waals surface area (Å²) >= 11 is 0. The first-order valence-corrected chi connectivity index (χ1v) is 10.7. The number of ether oxygens (including phenoxy) is 2. The summed E-state index contributed by atoms with van der Waals surface area (Å²) < 4.78 is 12.8. The van der Waals surface area contributed by atoms with Gasteiger partial charge >= 0.3 is 0 Å². The third-order valence-corrected chi connectivity index (χ3v) is 6.20. The topological polar surface area (TPSA) is 91.4 Å². The van der Waals surface area contributed by atoms with Crippen molar-refractivity contribution in [3.8, 4) is 11.5 Å². The number of aryl methyl sites for hydroxylation is 1. The quantitative estimate of drug-likeness (QED) is 0.634. The minimum atomic E-state index is -0.111. The van der Waals surface area contributed by atoms with Gasteiger partial charge in [-0.2, -0.15) is 0 Å². The Hall–Kier alpha value is -3.06. The Balaban J connectivity index is 1.51. The molecule has 164 valence electrons. The van der Waals surface area contributed by atoms with Crippen molar-refractivity contribution in [1.29, 1.82) is 0 Å². The lowest BCUT2D eigenvalue weighted by molar-refractivity contribution is 0.0923. The van der Waals surface area contributed by atoms with E-state index in [4.69, 9.17) is 20.2 Å². The molecule has 1 aromatic heterocycles. The molecule has 7 nitrogen and oxygen atoms in total. The zero-order valence-electron chi connectivity index (χ0n) is 18.4. The number of nitrogens with one attached hydrogen (secondary N) is 1. The lowest BCUT2D eigenvalue weighted by Crippen LogP contribution is -2.38. The molecule has 1 fully saturated rings. The van der Waals surface area contributed by atoms with Crippen molar-refractivity contribution in [2.45, 2.75) is 44.2 Å². The average Bonchev–Trinajstić information content (AvgIpc) is 3.14. The molecular weight excluding hydrogens is 392 g/mol. The van der Waals surface area contributed by atoms with Crippen LogP contribution in [0.5, 0.6) is 11.5 Å². The van der Waals surface area contributed by atoms with E-state index in [0.29, 0.717) is 29.5 Å². The number of imidazole rings is 1. The molecule has 2 aromatic carbocycles. The van der Waals surface area contributed by atoms with Gasteiger partial charge in [-0.25, -0.2) is 4.98 Å². The highest BCUT2D eigenvalue weighted by atomic mass is 16.5. The molecule has 4 rings (SSSR count). The second-order valence-electron chi connectivity index (χ2n) is 8.19. The van der Waals surface area contributed by atoms with Crippen molar-refractivity contribution in [3.63, 3.8) is 0 Å². The van der Waals surface area contributed by atoms with E-state index in [2.05, 4.69) is 35.1 Å². The molecule has 1 aliphatic carbocycles. The van der Waals surface area contributed by atoms with Crippen LogP contribution in [0.25, 0.3) is 11.0 Å². The number of rotatable bonds is 6. The molecular formula is C24H30N4O3. The summed E-state index contributed by atoms with van der Waals surface area (Å²) in [7, 11) is 5.22. The number of hydrogen-bond donors (Lipinski definition) is 2. The molecule has 2 atom stereocenters. The van der Waals surface area contributed by atoms with E-state index in [1.807, 2.05) is 0 Å². The van der Waals surface area contributed by atoms with E-state index in [9.17, 15) is 4.79 Å². The van der Waals surface area contributed by atoms with Crippen molar-refractivity contribution >= 4 is 16.9 Å². The van der Waals surface area contributed by atoms with Crippen molar-refractivity contribution in [2.75, 3.05) is 14.2 Å². The van der Waals surface area contributed by atoms with Gasteiger partial charge in [0.25, 0.3) is 5.91 Å². The molecule has 0 radical (unpaired) electrons. The van der Waals surface area contributed by atoms with Crippen molar-refractivity contribution in [2.24, 2.45) is 12.8 Å². The third-order valence-electron chi connectivity index (χ3n) is 6.20. The smallest absolute Gasteiger partial charge is 0.251 e. The largest absolute Gasteiger partial charge is 0.497 e. The number of nitrogens with zero attached hydrogens (tertiary/aromatic N) is 2. The normalized spacial score (nSPS) is 18.7. The van der Waals surface area contributed by atoms with Crippen LogP contribution in [0.15, 0.2) is 36.4 Å². The zero-order valence-corrected chi connectivity index (χ0v) is 18.4.